The highest BCUT2D eigenvalue weighted by Gasteiger charge is 2.02. The van der Waals surface area contributed by atoms with E-state index in [4.69, 9.17) is 0 Å². The molecule has 0 saturated carbocycles. The molecular weight excluding hydrogens is 338 g/mol. The molecule has 20 heavy (non-hydrogen) atoms. The minimum absolute atomic E-state index is 0.521. The van der Waals surface area contributed by atoms with Crippen LogP contribution in [0.2, 0.25) is 0 Å². The molecule has 0 fully saturated rings. The van der Waals surface area contributed by atoms with Gasteiger partial charge in [0, 0.05) is 10.2 Å². The number of rotatable bonds is 6. The highest BCUT2D eigenvalue weighted by molar-refractivity contribution is 9.10. The van der Waals surface area contributed by atoms with Gasteiger partial charge in [0.05, 0.1) is 5.71 Å². The first-order valence-corrected chi connectivity index (χ1v) is 7.69. The minimum Gasteiger partial charge on any atom is -0.245 e. The van der Waals surface area contributed by atoms with E-state index in [1.807, 2.05) is 37.3 Å². The topological polar surface area (TPSA) is 66.0 Å². The summed E-state index contributed by atoms with van der Waals surface area (Å²) in [5, 5.41) is 11.8. The van der Waals surface area contributed by atoms with Gasteiger partial charge >= 0.3 is 0 Å². The molecular formula is C13H14BrN5S. The molecule has 1 heterocycles. The summed E-state index contributed by atoms with van der Waals surface area (Å²) in [6.45, 7) is 5.58. The SMILES string of the molecule is C=CCSc1n[nH]c(N/N=C(\C)c2ccc(Br)cc2)n1. The maximum atomic E-state index is 4.28. The van der Waals surface area contributed by atoms with Crippen LogP contribution in [-0.2, 0) is 0 Å². The third-order valence-corrected chi connectivity index (χ3v) is 3.76. The Bertz CT molecular complexity index is 605. The molecule has 104 valence electrons. The van der Waals surface area contributed by atoms with Gasteiger partial charge in [-0.05, 0) is 24.6 Å². The van der Waals surface area contributed by atoms with Gasteiger partial charge in [0.25, 0.3) is 0 Å². The fourth-order valence-electron chi connectivity index (χ4n) is 1.39. The molecule has 5 nitrogen and oxygen atoms in total. The van der Waals surface area contributed by atoms with Crippen molar-refractivity contribution in [3.63, 3.8) is 0 Å². The lowest BCUT2D eigenvalue weighted by Gasteiger charge is -2.01. The van der Waals surface area contributed by atoms with Crippen LogP contribution >= 0.6 is 27.7 Å². The van der Waals surface area contributed by atoms with E-state index in [1.165, 1.54) is 11.8 Å². The largest absolute Gasteiger partial charge is 0.245 e. The number of aromatic amines is 1. The number of anilines is 1. The van der Waals surface area contributed by atoms with Crippen LogP contribution in [0, 0.1) is 0 Å². The van der Waals surface area contributed by atoms with Gasteiger partial charge in [-0.25, -0.2) is 10.5 Å². The molecule has 0 spiro atoms. The van der Waals surface area contributed by atoms with E-state index in [-0.39, 0.29) is 0 Å². The summed E-state index contributed by atoms with van der Waals surface area (Å²) < 4.78 is 1.04. The van der Waals surface area contributed by atoms with Crippen LogP contribution in [0.5, 0.6) is 0 Å². The molecule has 1 aromatic heterocycles. The molecule has 0 aliphatic carbocycles. The Balaban J connectivity index is 1.99. The van der Waals surface area contributed by atoms with Crippen LogP contribution in [0.4, 0.5) is 5.95 Å². The van der Waals surface area contributed by atoms with Gasteiger partial charge in [-0.1, -0.05) is 45.9 Å². The average molecular weight is 352 g/mol. The van der Waals surface area contributed by atoms with Gasteiger partial charge in [0.2, 0.25) is 11.1 Å². The zero-order chi connectivity index (χ0) is 14.4. The van der Waals surface area contributed by atoms with Crippen molar-refractivity contribution in [2.75, 3.05) is 11.2 Å². The molecule has 7 heteroatoms. The second kappa shape index (κ2) is 7.25. The molecule has 2 rings (SSSR count). The number of nitrogens with zero attached hydrogens (tertiary/aromatic N) is 3. The number of H-pyrrole nitrogens is 1. The van der Waals surface area contributed by atoms with Gasteiger partial charge < -0.3 is 0 Å². The van der Waals surface area contributed by atoms with Crippen LogP contribution in [0.1, 0.15) is 12.5 Å². The molecule has 0 unspecified atom stereocenters. The summed E-state index contributed by atoms with van der Waals surface area (Å²) in [7, 11) is 0. The molecule has 0 aliphatic rings. The fourth-order valence-corrected chi connectivity index (χ4v) is 2.18. The Kier molecular flexibility index (Phi) is 5.37. The summed E-state index contributed by atoms with van der Waals surface area (Å²) in [5.74, 6) is 1.30. The van der Waals surface area contributed by atoms with E-state index in [2.05, 4.69) is 48.2 Å². The van der Waals surface area contributed by atoms with Crippen molar-refractivity contribution in [1.29, 1.82) is 0 Å². The lowest BCUT2D eigenvalue weighted by Crippen LogP contribution is -2.00. The standard InChI is InChI=1S/C13H14BrN5S/c1-3-8-20-13-15-12(18-19-13)17-16-9(2)10-4-6-11(14)7-5-10/h3-7H,1,8H2,2H3,(H2,15,17,18,19)/b16-9+. The Hall–Kier alpha value is -1.60. The first-order valence-electron chi connectivity index (χ1n) is 5.91. The van der Waals surface area contributed by atoms with Crippen molar-refractivity contribution in [3.8, 4) is 0 Å². The first-order chi connectivity index (χ1) is 9.69. The van der Waals surface area contributed by atoms with E-state index in [0.717, 1.165) is 21.5 Å². The van der Waals surface area contributed by atoms with Crippen LogP contribution < -0.4 is 5.43 Å². The maximum Gasteiger partial charge on any atom is 0.240 e. The van der Waals surface area contributed by atoms with E-state index in [9.17, 15) is 0 Å². The number of aromatic nitrogens is 3. The minimum atomic E-state index is 0.521. The van der Waals surface area contributed by atoms with Crippen molar-refractivity contribution in [2.45, 2.75) is 12.1 Å². The van der Waals surface area contributed by atoms with Crippen molar-refractivity contribution in [3.05, 3.63) is 47.0 Å². The molecule has 0 radical (unpaired) electrons. The van der Waals surface area contributed by atoms with E-state index in [0.29, 0.717) is 11.1 Å². The lowest BCUT2D eigenvalue weighted by molar-refractivity contribution is 0.974. The van der Waals surface area contributed by atoms with Crippen molar-refractivity contribution in [2.24, 2.45) is 5.10 Å². The number of hydrazone groups is 1. The number of thioether (sulfide) groups is 1. The third kappa shape index (κ3) is 4.21. The average Bonchev–Trinajstić information content (AvgIpc) is 2.91. The Labute approximate surface area is 130 Å². The van der Waals surface area contributed by atoms with Crippen LogP contribution in [-0.4, -0.2) is 26.6 Å². The summed E-state index contributed by atoms with van der Waals surface area (Å²) in [6, 6.07) is 7.95. The van der Waals surface area contributed by atoms with E-state index < -0.39 is 0 Å². The number of nitrogens with one attached hydrogen (secondary N) is 2. The van der Waals surface area contributed by atoms with Crippen LogP contribution in [0.25, 0.3) is 0 Å². The molecule has 0 aliphatic heterocycles. The number of benzene rings is 1. The van der Waals surface area contributed by atoms with Gasteiger partial charge in [-0.15, -0.1) is 11.7 Å². The predicted octanol–water partition coefficient (Wildman–Crippen LogP) is 3.68. The summed E-state index contributed by atoms with van der Waals surface area (Å²) in [5.41, 5.74) is 4.77. The van der Waals surface area contributed by atoms with Crippen molar-refractivity contribution in [1.82, 2.24) is 15.2 Å². The second-order valence-corrected chi connectivity index (χ2v) is 5.79. The monoisotopic (exact) mass is 351 g/mol. The zero-order valence-electron chi connectivity index (χ0n) is 10.9. The summed E-state index contributed by atoms with van der Waals surface area (Å²) >= 11 is 4.91. The van der Waals surface area contributed by atoms with Crippen LogP contribution in [0.15, 0.2) is 51.7 Å². The number of hydrogen-bond donors (Lipinski definition) is 2. The molecule has 2 aromatic rings. The maximum absolute atomic E-state index is 4.28. The van der Waals surface area contributed by atoms with Gasteiger partial charge in [0.15, 0.2) is 0 Å². The fraction of sp³-hybridized carbons (Fsp3) is 0.154. The first kappa shape index (κ1) is 14.8. The number of halogens is 1. The molecule has 2 N–H and O–H groups in total. The quantitative estimate of drug-likeness (QED) is 0.360. The molecule has 0 amide bonds. The van der Waals surface area contributed by atoms with Gasteiger partial charge in [0.1, 0.15) is 0 Å². The molecule has 0 atom stereocenters. The summed E-state index contributed by atoms with van der Waals surface area (Å²) in [6.07, 6.45) is 1.81. The molecule has 0 bridgehead atoms. The summed E-state index contributed by atoms with van der Waals surface area (Å²) in [4.78, 5) is 4.25. The Morgan fingerprint density at radius 2 is 2.25 bits per heavy atom. The highest BCUT2D eigenvalue weighted by Crippen LogP contribution is 2.14. The molecule has 0 saturated heterocycles. The Morgan fingerprint density at radius 3 is 2.95 bits per heavy atom. The number of hydrogen-bond acceptors (Lipinski definition) is 5. The Morgan fingerprint density at radius 1 is 1.50 bits per heavy atom. The van der Waals surface area contributed by atoms with Crippen molar-refractivity contribution >= 4 is 39.4 Å². The lowest BCUT2D eigenvalue weighted by atomic mass is 10.1. The highest BCUT2D eigenvalue weighted by atomic mass is 79.9. The normalized spacial score (nSPS) is 11.4. The second-order valence-electron chi connectivity index (χ2n) is 3.88. The van der Waals surface area contributed by atoms with E-state index in [1.54, 1.807) is 0 Å². The van der Waals surface area contributed by atoms with Crippen LogP contribution in [0.3, 0.4) is 0 Å². The predicted molar refractivity (Wildman–Crippen MR) is 87.3 cm³/mol. The molecule has 1 aromatic carbocycles. The van der Waals surface area contributed by atoms with Gasteiger partial charge in [-0.2, -0.15) is 10.1 Å². The smallest absolute Gasteiger partial charge is 0.240 e. The third-order valence-electron chi connectivity index (χ3n) is 2.39. The zero-order valence-corrected chi connectivity index (χ0v) is 13.3. The van der Waals surface area contributed by atoms with Crippen molar-refractivity contribution < 1.29 is 0 Å². The van der Waals surface area contributed by atoms with E-state index >= 15 is 0 Å². The van der Waals surface area contributed by atoms with Gasteiger partial charge in [-0.3, -0.25) is 0 Å².